The Morgan fingerprint density at radius 1 is 1.24 bits per heavy atom. The van der Waals surface area contributed by atoms with E-state index in [4.69, 9.17) is 9.47 Å². The number of methoxy groups -OCH3 is 1. The van der Waals surface area contributed by atoms with Crippen molar-refractivity contribution < 1.29 is 24.6 Å². The average molecular weight is 353 g/mol. The molecule has 2 unspecified atom stereocenters. The van der Waals surface area contributed by atoms with E-state index in [1.54, 1.807) is 7.11 Å². The molecule has 0 saturated carbocycles. The first-order valence-corrected chi connectivity index (χ1v) is 15.0. The second-order valence-corrected chi connectivity index (χ2v) is 10.4. The van der Waals surface area contributed by atoms with Crippen molar-refractivity contribution in [3.63, 3.8) is 0 Å². The number of halogens is 1. The molecule has 0 amide bonds. The summed E-state index contributed by atoms with van der Waals surface area (Å²) in [6.07, 6.45) is 0.334. The van der Waals surface area contributed by atoms with Crippen molar-refractivity contribution in [1.82, 2.24) is 0 Å². The van der Waals surface area contributed by atoms with Crippen molar-refractivity contribution in [2.45, 2.75) is 31.6 Å². The van der Waals surface area contributed by atoms with E-state index < -0.39 is 15.2 Å². The van der Waals surface area contributed by atoms with Crippen LogP contribution in [0.3, 0.4) is 0 Å². The molecule has 0 radical (unpaired) electrons. The van der Waals surface area contributed by atoms with Gasteiger partial charge in [0.25, 0.3) is 0 Å². The van der Waals surface area contributed by atoms with E-state index in [1.807, 2.05) is 12.1 Å². The SMILES string of the molecule is COc1ccc(COC(C)C(C)[CH2][Zn][Br])cc1. The predicted octanol–water partition coefficient (Wildman–Crippen LogP) is 4.05. The molecule has 4 heteroatoms. The van der Waals surface area contributed by atoms with Crippen molar-refractivity contribution in [2.75, 3.05) is 7.11 Å². The summed E-state index contributed by atoms with van der Waals surface area (Å²) in [5, 5.41) is 1.33. The fraction of sp³-hybridized carbons (Fsp3) is 0.538. The van der Waals surface area contributed by atoms with Gasteiger partial charge >= 0.3 is 118 Å². The van der Waals surface area contributed by atoms with Crippen LogP contribution in [0.4, 0.5) is 0 Å². The third kappa shape index (κ3) is 5.50. The van der Waals surface area contributed by atoms with Crippen LogP contribution < -0.4 is 4.74 Å². The molecule has 92 valence electrons. The Balaban J connectivity index is 2.38. The van der Waals surface area contributed by atoms with Gasteiger partial charge in [-0.05, 0) is 0 Å². The van der Waals surface area contributed by atoms with Crippen LogP contribution in [0.2, 0.25) is 5.02 Å². The third-order valence-electron chi connectivity index (χ3n) is 3.04. The molecule has 1 aromatic carbocycles. The van der Waals surface area contributed by atoms with E-state index in [0.29, 0.717) is 18.6 Å². The normalized spacial score (nSPS) is 13.9. The summed E-state index contributed by atoms with van der Waals surface area (Å²) < 4.78 is 11.0. The van der Waals surface area contributed by atoms with Gasteiger partial charge in [0.2, 0.25) is 0 Å². The van der Waals surface area contributed by atoms with Crippen LogP contribution in [0.15, 0.2) is 24.3 Å². The molecule has 1 aromatic rings. The second kappa shape index (κ2) is 8.23. The van der Waals surface area contributed by atoms with Gasteiger partial charge in [0.15, 0.2) is 0 Å². The van der Waals surface area contributed by atoms with Gasteiger partial charge in [-0.15, -0.1) is 0 Å². The van der Waals surface area contributed by atoms with Gasteiger partial charge in [-0.3, -0.25) is 0 Å². The van der Waals surface area contributed by atoms with Crippen molar-refractivity contribution in [3.8, 4) is 5.75 Å². The van der Waals surface area contributed by atoms with Crippen molar-refractivity contribution in [1.29, 1.82) is 0 Å². The summed E-state index contributed by atoms with van der Waals surface area (Å²) in [5.41, 5.74) is 1.20. The zero-order chi connectivity index (χ0) is 12.7. The molecule has 1 rings (SSSR count). The molecule has 0 aliphatic carbocycles. The molecular formula is C13H19BrO2Zn. The average Bonchev–Trinajstić information content (AvgIpc) is 2.36. The van der Waals surface area contributed by atoms with Crippen LogP contribution in [0, 0.1) is 5.92 Å². The molecule has 0 aliphatic heterocycles. The van der Waals surface area contributed by atoms with Gasteiger partial charge in [0.05, 0.1) is 0 Å². The first kappa shape index (κ1) is 15.1. The minimum atomic E-state index is -0.427. The first-order valence-electron chi connectivity index (χ1n) is 5.98. The van der Waals surface area contributed by atoms with Gasteiger partial charge in [0, 0.05) is 0 Å². The van der Waals surface area contributed by atoms with Gasteiger partial charge < -0.3 is 0 Å². The second-order valence-electron chi connectivity index (χ2n) is 4.32. The Bertz CT molecular complexity index is 316. The molecule has 0 heterocycles. The third-order valence-corrected chi connectivity index (χ3v) is 7.79. The van der Waals surface area contributed by atoms with Gasteiger partial charge in [0.1, 0.15) is 0 Å². The molecule has 0 aliphatic rings. The Morgan fingerprint density at radius 2 is 1.88 bits per heavy atom. The standard InChI is InChI=1S/C13H19O2.BrH.Zn/c1-10(2)11(3)15-9-12-5-7-13(14-4)8-6-12;;/h5-8,10-11H,1,9H2,2-4H3;1H;/q;;+1/p-1. The quantitative estimate of drug-likeness (QED) is 0.689. The Hall–Kier alpha value is 0.0834. The van der Waals surface area contributed by atoms with E-state index in [9.17, 15) is 0 Å². The number of ether oxygens (including phenoxy) is 2. The molecule has 0 bridgehead atoms. The Kier molecular flexibility index (Phi) is 7.33. The van der Waals surface area contributed by atoms with Gasteiger partial charge in [-0.25, -0.2) is 0 Å². The maximum atomic E-state index is 5.88. The molecule has 0 fully saturated rings. The van der Waals surface area contributed by atoms with E-state index in [0.717, 1.165) is 5.75 Å². The number of benzene rings is 1. The van der Waals surface area contributed by atoms with Gasteiger partial charge in [-0.1, -0.05) is 0 Å². The summed E-state index contributed by atoms with van der Waals surface area (Å²) in [4.78, 5) is 0. The number of hydrogen-bond donors (Lipinski definition) is 0. The Labute approximate surface area is 118 Å². The maximum absolute atomic E-state index is 5.88. The monoisotopic (exact) mass is 350 g/mol. The van der Waals surface area contributed by atoms with Crippen molar-refractivity contribution >= 4 is 13.6 Å². The van der Waals surface area contributed by atoms with Crippen LogP contribution in [0.25, 0.3) is 0 Å². The summed E-state index contributed by atoms with van der Waals surface area (Å²) >= 11 is 3.22. The van der Waals surface area contributed by atoms with Crippen LogP contribution >= 0.6 is 13.6 Å². The summed E-state index contributed by atoms with van der Waals surface area (Å²) in [6.45, 7) is 5.12. The van der Waals surface area contributed by atoms with Crippen molar-refractivity contribution in [2.24, 2.45) is 5.92 Å². The minimum absolute atomic E-state index is 0.334. The zero-order valence-corrected chi connectivity index (χ0v) is 15.3. The van der Waals surface area contributed by atoms with Crippen LogP contribution in [0.1, 0.15) is 19.4 Å². The van der Waals surface area contributed by atoms with Crippen LogP contribution in [0.5, 0.6) is 5.75 Å². The summed E-state index contributed by atoms with van der Waals surface area (Å²) in [6, 6.07) is 8.05. The molecule has 0 N–H and O–H groups in total. The molecule has 0 spiro atoms. The molecule has 2 nitrogen and oxygen atoms in total. The molecule has 17 heavy (non-hydrogen) atoms. The van der Waals surface area contributed by atoms with Gasteiger partial charge in [-0.2, -0.15) is 0 Å². The van der Waals surface area contributed by atoms with Crippen LogP contribution in [-0.2, 0) is 26.5 Å². The van der Waals surface area contributed by atoms with E-state index in [2.05, 4.69) is 39.6 Å². The van der Waals surface area contributed by atoms with Crippen LogP contribution in [-0.4, -0.2) is 13.2 Å². The van der Waals surface area contributed by atoms with Crippen molar-refractivity contribution in [3.05, 3.63) is 29.8 Å². The van der Waals surface area contributed by atoms with E-state index in [-0.39, 0.29) is 0 Å². The molecule has 0 aromatic heterocycles. The fourth-order valence-corrected chi connectivity index (χ4v) is 6.98. The molecular weight excluding hydrogens is 333 g/mol. The van der Waals surface area contributed by atoms with E-state index in [1.165, 1.54) is 10.6 Å². The number of hydrogen-bond acceptors (Lipinski definition) is 2. The fourth-order valence-electron chi connectivity index (χ4n) is 1.52. The van der Waals surface area contributed by atoms with E-state index >= 15 is 0 Å². The zero-order valence-electron chi connectivity index (χ0n) is 10.8. The first-order chi connectivity index (χ1) is 8.17. The molecule has 2 atom stereocenters. The Morgan fingerprint density at radius 3 is 2.41 bits per heavy atom. The summed E-state index contributed by atoms with van der Waals surface area (Å²) in [5.74, 6) is 1.55. The summed E-state index contributed by atoms with van der Waals surface area (Å²) in [7, 11) is 1.68. The number of rotatable bonds is 7. The molecule has 0 saturated heterocycles. The topological polar surface area (TPSA) is 18.5 Å². The predicted molar refractivity (Wildman–Crippen MR) is 70.1 cm³/mol.